The fraction of sp³-hybridized carbons (Fsp3) is 0.471. The van der Waals surface area contributed by atoms with Gasteiger partial charge in [-0.3, -0.25) is 0 Å². The van der Waals surface area contributed by atoms with Crippen molar-refractivity contribution in [1.82, 2.24) is 4.90 Å². The van der Waals surface area contributed by atoms with Crippen molar-refractivity contribution in [3.8, 4) is 0 Å². The maximum Gasteiger partial charge on any atom is 0.410 e. The Morgan fingerprint density at radius 2 is 1.95 bits per heavy atom. The molecule has 2 rings (SSSR count). The van der Waals surface area contributed by atoms with Crippen LogP contribution in [0.5, 0.6) is 0 Å². The average Bonchev–Trinajstić information content (AvgIpc) is 2.86. The van der Waals surface area contributed by atoms with Crippen molar-refractivity contribution in [2.24, 2.45) is 0 Å². The lowest BCUT2D eigenvalue weighted by Gasteiger charge is -2.29. The molecule has 108 valence electrons. The van der Waals surface area contributed by atoms with Crippen LogP contribution in [0.4, 0.5) is 4.79 Å². The zero-order chi connectivity index (χ0) is 14.8. The topological polar surface area (TPSA) is 29.5 Å². The fourth-order valence-corrected chi connectivity index (χ4v) is 2.51. The Hall–Kier alpha value is -1.77. The van der Waals surface area contributed by atoms with E-state index in [0.717, 1.165) is 30.5 Å². The Morgan fingerprint density at radius 3 is 2.55 bits per heavy atom. The van der Waals surface area contributed by atoms with Crippen molar-refractivity contribution < 1.29 is 9.53 Å². The molecule has 1 aromatic rings. The first-order valence-corrected chi connectivity index (χ1v) is 7.12. The highest BCUT2D eigenvalue weighted by Gasteiger charge is 2.33. The fourth-order valence-electron chi connectivity index (χ4n) is 2.51. The van der Waals surface area contributed by atoms with Gasteiger partial charge in [-0.15, -0.1) is 0 Å². The third-order valence-corrected chi connectivity index (χ3v) is 3.43. The molecule has 0 N–H and O–H groups in total. The van der Waals surface area contributed by atoms with Gasteiger partial charge in [0.1, 0.15) is 5.60 Å². The van der Waals surface area contributed by atoms with Crippen LogP contribution in [0.2, 0.25) is 0 Å². The van der Waals surface area contributed by atoms with Gasteiger partial charge in [0, 0.05) is 6.54 Å². The number of hydrogen-bond acceptors (Lipinski definition) is 2. The van der Waals surface area contributed by atoms with Gasteiger partial charge in [-0.05, 0) is 44.7 Å². The van der Waals surface area contributed by atoms with Gasteiger partial charge in [0.25, 0.3) is 0 Å². The highest BCUT2D eigenvalue weighted by molar-refractivity contribution is 5.76. The summed E-state index contributed by atoms with van der Waals surface area (Å²) in [6.07, 6.45) is 1.71. The maximum atomic E-state index is 12.3. The summed E-state index contributed by atoms with van der Waals surface area (Å²) in [5, 5.41) is 0. The molecule has 1 aliphatic rings. The van der Waals surface area contributed by atoms with Crippen LogP contribution >= 0.6 is 0 Å². The van der Waals surface area contributed by atoms with E-state index in [-0.39, 0.29) is 12.1 Å². The number of carbonyl (C=O) groups is 1. The normalized spacial score (nSPS) is 18.9. The summed E-state index contributed by atoms with van der Waals surface area (Å²) in [5.74, 6) is 0. The molecule has 20 heavy (non-hydrogen) atoms. The number of amides is 1. The summed E-state index contributed by atoms with van der Waals surface area (Å²) in [5.41, 5.74) is 1.63. The van der Waals surface area contributed by atoms with Crippen LogP contribution in [0.25, 0.3) is 5.57 Å². The molecule has 0 bridgehead atoms. The van der Waals surface area contributed by atoms with Gasteiger partial charge in [-0.1, -0.05) is 36.9 Å². The van der Waals surface area contributed by atoms with Crippen molar-refractivity contribution in [3.63, 3.8) is 0 Å². The van der Waals surface area contributed by atoms with Crippen LogP contribution in [-0.4, -0.2) is 29.2 Å². The largest absolute Gasteiger partial charge is 0.444 e. The first kappa shape index (κ1) is 14.6. The lowest BCUT2D eigenvalue weighted by molar-refractivity contribution is 0.0261. The Labute approximate surface area is 121 Å². The molecule has 1 heterocycles. The van der Waals surface area contributed by atoms with E-state index in [9.17, 15) is 4.79 Å². The van der Waals surface area contributed by atoms with Gasteiger partial charge < -0.3 is 9.64 Å². The zero-order valence-corrected chi connectivity index (χ0v) is 12.6. The zero-order valence-electron chi connectivity index (χ0n) is 12.6. The van der Waals surface area contributed by atoms with Gasteiger partial charge in [0.15, 0.2) is 0 Å². The molecule has 0 unspecified atom stereocenters. The Morgan fingerprint density at radius 1 is 1.30 bits per heavy atom. The smallest absolute Gasteiger partial charge is 0.410 e. The van der Waals surface area contributed by atoms with E-state index in [1.165, 1.54) is 0 Å². The van der Waals surface area contributed by atoms with Gasteiger partial charge in [-0.2, -0.15) is 0 Å². The van der Waals surface area contributed by atoms with Crippen LogP contribution in [0, 0.1) is 0 Å². The van der Waals surface area contributed by atoms with Gasteiger partial charge >= 0.3 is 6.09 Å². The second kappa shape index (κ2) is 5.70. The standard InChI is InChI=1S/C17H23NO2/c1-13(14-9-6-5-7-10-14)15-11-8-12-18(15)16(19)20-17(2,3)4/h5-7,9-10,15H,1,8,11-12H2,2-4H3/t15-/m0/s1. The highest BCUT2D eigenvalue weighted by Crippen LogP contribution is 2.30. The van der Waals surface area contributed by atoms with Crippen molar-refractivity contribution in [1.29, 1.82) is 0 Å². The highest BCUT2D eigenvalue weighted by atomic mass is 16.6. The summed E-state index contributed by atoms with van der Waals surface area (Å²) in [4.78, 5) is 14.1. The minimum absolute atomic E-state index is 0.0484. The molecule has 1 fully saturated rings. The molecule has 0 spiro atoms. The Bertz CT molecular complexity index is 487. The molecule has 1 aromatic carbocycles. The number of likely N-dealkylation sites (tertiary alicyclic amines) is 1. The van der Waals surface area contributed by atoms with E-state index in [4.69, 9.17) is 4.74 Å². The Balaban J connectivity index is 2.11. The Kier molecular flexibility index (Phi) is 4.17. The van der Waals surface area contributed by atoms with Gasteiger partial charge in [-0.25, -0.2) is 4.79 Å². The first-order chi connectivity index (χ1) is 9.38. The van der Waals surface area contributed by atoms with Crippen LogP contribution in [0.1, 0.15) is 39.2 Å². The van der Waals surface area contributed by atoms with Crippen molar-refractivity contribution in [2.45, 2.75) is 45.3 Å². The number of ether oxygens (including phenoxy) is 1. The summed E-state index contributed by atoms with van der Waals surface area (Å²) in [7, 11) is 0. The van der Waals surface area contributed by atoms with E-state index < -0.39 is 5.60 Å². The third kappa shape index (κ3) is 3.41. The molecule has 0 aliphatic carbocycles. The molecule has 0 aromatic heterocycles. The molecular weight excluding hydrogens is 250 g/mol. The monoisotopic (exact) mass is 273 g/mol. The van der Waals surface area contributed by atoms with Gasteiger partial charge in [0.2, 0.25) is 0 Å². The minimum atomic E-state index is -0.460. The average molecular weight is 273 g/mol. The lowest BCUT2D eigenvalue weighted by Crippen LogP contribution is -2.40. The van der Waals surface area contributed by atoms with Crippen molar-refractivity contribution in [2.75, 3.05) is 6.54 Å². The quantitative estimate of drug-likeness (QED) is 0.812. The second-order valence-corrected chi connectivity index (χ2v) is 6.22. The molecule has 0 saturated carbocycles. The predicted molar refractivity (Wildman–Crippen MR) is 81.4 cm³/mol. The van der Waals surface area contributed by atoms with Crippen molar-refractivity contribution in [3.05, 3.63) is 42.5 Å². The van der Waals surface area contributed by atoms with Crippen LogP contribution in [0.3, 0.4) is 0 Å². The number of rotatable bonds is 2. The van der Waals surface area contributed by atoms with E-state index >= 15 is 0 Å². The maximum absolute atomic E-state index is 12.3. The number of carbonyl (C=O) groups excluding carboxylic acids is 1. The number of hydrogen-bond donors (Lipinski definition) is 0. The van der Waals surface area contributed by atoms with E-state index in [0.29, 0.717) is 0 Å². The van der Waals surface area contributed by atoms with Crippen LogP contribution in [-0.2, 0) is 4.74 Å². The lowest BCUT2D eigenvalue weighted by atomic mass is 9.98. The SMILES string of the molecule is C=C(c1ccccc1)[C@@H]1CCCN1C(=O)OC(C)(C)C. The summed E-state index contributed by atoms with van der Waals surface area (Å²) >= 11 is 0. The predicted octanol–water partition coefficient (Wildman–Crippen LogP) is 4.10. The number of nitrogens with zero attached hydrogens (tertiary/aromatic N) is 1. The molecule has 0 radical (unpaired) electrons. The summed E-state index contributed by atoms with van der Waals surface area (Å²) in [6.45, 7) is 10.6. The molecular formula is C17H23NO2. The summed E-state index contributed by atoms with van der Waals surface area (Å²) < 4.78 is 5.48. The van der Waals surface area contributed by atoms with Crippen molar-refractivity contribution >= 4 is 11.7 Å². The van der Waals surface area contributed by atoms with Crippen LogP contribution < -0.4 is 0 Å². The van der Waals surface area contributed by atoms with E-state index in [1.807, 2.05) is 51.1 Å². The second-order valence-electron chi connectivity index (χ2n) is 6.22. The first-order valence-electron chi connectivity index (χ1n) is 7.12. The van der Waals surface area contributed by atoms with Gasteiger partial charge in [0.05, 0.1) is 6.04 Å². The van der Waals surface area contributed by atoms with E-state index in [2.05, 4.69) is 6.58 Å². The molecule has 1 saturated heterocycles. The molecule has 1 aliphatic heterocycles. The number of benzene rings is 1. The molecule has 3 nitrogen and oxygen atoms in total. The van der Waals surface area contributed by atoms with Crippen LogP contribution in [0.15, 0.2) is 36.9 Å². The third-order valence-electron chi connectivity index (χ3n) is 3.43. The minimum Gasteiger partial charge on any atom is -0.444 e. The summed E-state index contributed by atoms with van der Waals surface area (Å²) in [6, 6.07) is 10.1. The molecule has 1 atom stereocenters. The molecule has 1 amide bonds. The van der Waals surface area contributed by atoms with E-state index in [1.54, 1.807) is 4.90 Å². The molecule has 3 heteroatoms.